The average molecular weight is 485 g/mol. The fraction of sp³-hybridized carbons (Fsp3) is 0.185. The minimum Gasteiger partial charge on any atom is -0.350 e. The van der Waals surface area contributed by atoms with Gasteiger partial charge in [-0.05, 0) is 60.7 Å². The Morgan fingerprint density at radius 1 is 1.06 bits per heavy atom. The number of aryl methyl sites for hydroxylation is 2. The Hall–Kier alpha value is -3.97. The monoisotopic (exact) mass is 484 g/mol. The summed E-state index contributed by atoms with van der Waals surface area (Å²) in [5.41, 5.74) is 6.95. The number of amides is 1. The van der Waals surface area contributed by atoms with E-state index in [0.29, 0.717) is 29.8 Å². The van der Waals surface area contributed by atoms with Crippen LogP contribution in [0.4, 0.5) is 23.1 Å². The molecule has 1 aliphatic heterocycles. The fourth-order valence-electron chi connectivity index (χ4n) is 4.09. The van der Waals surface area contributed by atoms with E-state index in [9.17, 15) is 4.79 Å². The van der Waals surface area contributed by atoms with Crippen LogP contribution in [0.15, 0.2) is 67.0 Å². The molecule has 3 heterocycles. The van der Waals surface area contributed by atoms with Crippen LogP contribution < -0.4 is 16.0 Å². The number of rotatable bonds is 6. The van der Waals surface area contributed by atoms with Gasteiger partial charge in [0.1, 0.15) is 5.02 Å². The molecule has 2 aromatic heterocycles. The van der Waals surface area contributed by atoms with Gasteiger partial charge in [0.15, 0.2) is 5.82 Å². The van der Waals surface area contributed by atoms with Gasteiger partial charge in [0.2, 0.25) is 11.9 Å². The Bertz CT molecular complexity index is 1390. The van der Waals surface area contributed by atoms with Crippen LogP contribution in [0.25, 0.3) is 11.3 Å². The van der Waals surface area contributed by atoms with Crippen molar-refractivity contribution in [2.24, 2.45) is 0 Å². The molecule has 5 rings (SSSR count). The van der Waals surface area contributed by atoms with Crippen molar-refractivity contribution in [2.75, 3.05) is 16.0 Å². The van der Waals surface area contributed by atoms with Crippen LogP contribution in [-0.4, -0.2) is 20.9 Å². The normalized spacial score (nSPS) is 12.9. The molecule has 35 heavy (non-hydrogen) atoms. The zero-order valence-corrected chi connectivity index (χ0v) is 20.1. The molecule has 0 aliphatic carbocycles. The number of nitrogens with one attached hydrogen (secondary N) is 3. The number of fused-ring (bicyclic) bond motifs is 1. The number of carbonyl (C=O) groups excluding carboxylic acids is 1. The first-order valence-corrected chi connectivity index (χ1v) is 11.9. The van der Waals surface area contributed by atoms with Crippen molar-refractivity contribution in [1.29, 1.82) is 0 Å². The lowest BCUT2D eigenvalue weighted by molar-refractivity contribution is -0.116. The first-order valence-electron chi connectivity index (χ1n) is 11.5. The quantitative estimate of drug-likeness (QED) is 0.305. The number of halogens is 1. The van der Waals surface area contributed by atoms with E-state index >= 15 is 0 Å². The summed E-state index contributed by atoms with van der Waals surface area (Å²) in [6.45, 7) is 2.59. The molecule has 0 bridgehead atoms. The number of benzene rings is 2. The highest BCUT2D eigenvalue weighted by Gasteiger charge is 2.14. The molecule has 0 radical (unpaired) electrons. The van der Waals surface area contributed by atoms with Gasteiger partial charge in [-0.25, -0.2) is 4.98 Å². The molecule has 0 saturated heterocycles. The highest BCUT2D eigenvalue weighted by molar-refractivity contribution is 6.33. The van der Waals surface area contributed by atoms with Crippen LogP contribution in [0.1, 0.15) is 29.5 Å². The van der Waals surface area contributed by atoms with Crippen LogP contribution >= 0.6 is 11.6 Å². The summed E-state index contributed by atoms with van der Waals surface area (Å²) in [7, 11) is 0. The second kappa shape index (κ2) is 10.1. The average Bonchev–Trinajstić information content (AvgIpc) is 3.05. The Morgan fingerprint density at radius 2 is 1.94 bits per heavy atom. The molecule has 0 fully saturated rings. The molecule has 0 atom stereocenters. The molecule has 0 saturated carbocycles. The number of carbonyl (C=O) groups is 1. The van der Waals surface area contributed by atoms with Gasteiger partial charge in [0.25, 0.3) is 0 Å². The van der Waals surface area contributed by atoms with E-state index in [1.807, 2.05) is 55.5 Å². The smallest absolute Gasteiger partial charge is 0.224 e. The Labute approximate surface area is 209 Å². The second-order valence-corrected chi connectivity index (χ2v) is 8.93. The van der Waals surface area contributed by atoms with Crippen molar-refractivity contribution < 1.29 is 4.79 Å². The molecular weight excluding hydrogens is 460 g/mol. The predicted octanol–water partition coefficient (Wildman–Crippen LogP) is 6.13. The summed E-state index contributed by atoms with van der Waals surface area (Å²) in [6.07, 6.45) is 5.67. The summed E-state index contributed by atoms with van der Waals surface area (Å²) in [5.74, 6) is 1.05. The fourth-order valence-corrected chi connectivity index (χ4v) is 4.22. The number of hydrogen-bond acceptors (Lipinski definition) is 6. The van der Waals surface area contributed by atoms with Gasteiger partial charge in [-0.2, -0.15) is 4.98 Å². The highest BCUT2D eigenvalue weighted by Crippen LogP contribution is 2.31. The molecule has 176 valence electrons. The molecular formula is C27H25ClN6O. The maximum atomic E-state index is 11.8. The zero-order chi connectivity index (χ0) is 24.2. The Kier molecular flexibility index (Phi) is 6.59. The summed E-state index contributed by atoms with van der Waals surface area (Å²) in [6, 6.07) is 18.0. The van der Waals surface area contributed by atoms with E-state index in [1.54, 1.807) is 12.4 Å². The van der Waals surface area contributed by atoms with Crippen molar-refractivity contribution in [3.63, 3.8) is 0 Å². The highest BCUT2D eigenvalue weighted by atomic mass is 35.5. The van der Waals surface area contributed by atoms with Crippen LogP contribution in [0.5, 0.6) is 0 Å². The van der Waals surface area contributed by atoms with Crippen molar-refractivity contribution >= 4 is 40.6 Å². The number of pyridine rings is 1. The minimum atomic E-state index is 0.0731. The minimum absolute atomic E-state index is 0.0731. The first kappa shape index (κ1) is 22.8. The summed E-state index contributed by atoms with van der Waals surface area (Å²) in [4.78, 5) is 25.2. The van der Waals surface area contributed by atoms with Crippen molar-refractivity contribution in [3.8, 4) is 11.3 Å². The number of anilines is 4. The van der Waals surface area contributed by atoms with Gasteiger partial charge in [0, 0.05) is 36.1 Å². The van der Waals surface area contributed by atoms with E-state index < -0.39 is 0 Å². The maximum absolute atomic E-state index is 11.8. The number of aromatic nitrogens is 3. The largest absolute Gasteiger partial charge is 0.350 e. The van der Waals surface area contributed by atoms with E-state index in [1.165, 1.54) is 0 Å². The molecule has 8 heteroatoms. The van der Waals surface area contributed by atoms with E-state index in [-0.39, 0.29) is 5.91 Å². The van der Waals surface area contributed by atoms with E-state index in [2.05, 4.69) is 37.0 Å². The summed E-state index contributed by atoms with van der Waals surface area (Å²) >= 11 is 6.43. The second-order valence-electron chi connectivity index (χ2n) is 8.53. The number of hydrogen-bond donors (Lipinski definition) is 3. The molecule has 0 spiro atoms. The predicted molar refractivity (Wildman–Crippen MR) is 140 cm³/mol. The lowest BCUT2D eigenvalue weighted by atomic mass is 10.0. The van der Waals surface area contributed by atoms with Crippen LogP contribution in [-0.2, 0) is 17.8 Å². The van der Waals surface area contributed by atoms with Gasteiger partial charge in [0.05, 0.1) is 11.9 Å². The van der Waals surface area contributed by atoms with Crippen molar-refractivity contribution in [2.45, 2.75) is 32.7 Å². The van der Waals surface area contributed by atoms with Crippen LogP contribution in [0.3, 0.4) is 0 Å². The lowest BCUT2D eigenvalue weighted by Gasteiger charge is -2.14. The third-order valence-electron chi connectivity index (χ3n) is 5.86. The maximum Gasteiger partial charge on any atom is 0.224 e. The molecule has 2 aromatic carbocycles. The molecule has 3 N–H and O–H groups in total. The molecule has 4 aromatic rings. The van der Waals surface area contributed by atoms with Crippen LogP contribution in [0, 0.1) is 6.92 Å². The van der Waals surface area contributed by atoms with Crippen molar-refractivity contribution in [1.82, 2.24) is 15.0 Å². The third-order valence-corrected chi connectivity index (χ3v) is 6.14. The Balaban J connectivity index is 1.34. The molecule has 7 nitrogen and oxygen atoms in total. The van der Waals surface area contributed by atoms with Gasteiger partial charge in [-0.1, -0.05) is 41.9 Å². The zero-order valence-electron chi connectivity index (χ0n) is 19.3. The van der Waals surface area contributed by atoms with Crippen LogP contribution in [0.2, 0.25) is 5.02 Å². The number of para-hydroxylation sites is 1. The molecule has 1 amide bonds. The standard InChI is InChI=1S/C27H25ClN6O/c1-17-11-12-29-24(13-17)20-6-2-3-7-23(20)33-26-21(28)16-31-27(34-26)30-15-18-9-10-22-19(14-18)5-4-8-25(35)32-22/h2-3,6-7,9-14,16H,4-5,8,15H2,1H3,(H,32,35)(H2,30,31,33,34). The third kappa shape index (κ3) is 5.41. The van der Waals surface area contributed by atoms with Gasteiger partial charge in [-0.15, -0.1) is 0 Å². The number of nitrogens with zero attached hydrogens (tertiary/aromatic N) is 3. The SMILES string of the molecule is Cc1ccnc(-c2ccccc2Nc2nc(NCc3ccc4c(c3)CCCC(=O)N4)ncc2Cl)c1. The van der Waals surface area contributed by atoms with Crippen molar-refractivity contribution in [3.05, 3.63) is 88.7 Å². The molecule has 0 unspecified atom stereocenters. The lowest BCUT2D eigenvalue weighted by Crippen LogP contribution is -2.09. The van der Waals surface area contributed by atoms with E-state index in [4.69, 9.17) is 11.6 Å². The van der Waals surface area contributed by atoms with E-state index in [0.717, 1.165) is 52.2 Å². The topological polar surface area (TPSA) is 91.8 Å². The van der Waals surface area contributed by atoms with Gasteiger partial charge < -0.3 is 16.0 Å². The summed E-state index contributed by atoms with van der Waals surface area (Å²) < 4.78 is 0. The summed E-state index contributed by atoms with van der Waals surface area (Å²) in [5, 5.41) is 10.0. The molecule has 1 aliphatic rings. The Morgan fingerprint density at radius 3 is 2.83 bits per heavy atom. The first-order chi connectivity index (χ1) is 17.0. The van der Waals surface area contributed by atoms with Gasteiger partial charge in [-0.3, -0.25) is 9.78 Å². The van der Waals surface area contributed by atoms with Gasteiger partial charge >= 0.3 is 0 Å².